The minimum atomic E-state index is 0.234. The molecule has 0 bridgehead atoms. The number of hydrogen-bond donors (Lipinski definition) is 0. The zero-order valence-corrected chi connectivity index (χ0v) is 25.3. The molecule has 3 rings (SSSR count). The third-order valence-electron chi connectivity index (χ3n) is 8.32. The molecule has 1 aliphatic rings. The SMILES string of the molecule is C=C(C)c1ccc(C(C)(C)C)c(C)c1.CCCC1CC(c2cccc(C)c2)CC(CCC)(CCC)C1. The molecule has 0 spiro atoms. The molecule has 0 heterocycles. The van der Waals surface area contributed by atoms with Crippen molar-refractivity contribution in [1.82, 2.24) is 0 Å². The van der Waals surface area contributed by atoms with Gasteiger partial charge in [0.05, 0.1) is 0 Å². The zero-order chi connectivity index (χ0) is 26.9. The van der Waals surface area contributed by atoms with Crippen LogP contribution in [0.3, 0.4) is 0 Å². The van der Waals surface area contributed by atoms with Gasteiger partial charge in [0.2, 0.25) is 0 Å². The normalized spacial score (nSPS) is 19.4. The Kier molecular flexibility index (Phi) is 11.5. The minimum absolute atomic E-state index is 0.234. The molecule has 0 heteroatoms. The Balaban J connectivity index is 0.000000281. The van der Waals surface area contributed by atoms with Crippen molar-refractivity contribution in [2.24, 2.45) is 11.3 Å². The van der Waals surface area contributed by atoms with Crippen LogP contribution in [0, 0.1) is 25.2 Å². The standard InChI is InChI=1S/C22H36.C14H20/c1-5-9-19-15-21(20-11-8-10-18(4)14-20)17-22(16-19,12-6-2)13-7-3;1-10(2)12-7-8-13(11(3)9-12)14(4,5)6/h8,10-11,14,19,21H,5-7,9,12-13,15-17H2,1-4H3;7-9H,1H2,2-6H3. The van der Waals surface area contributed by atoms with Gasteiger partial charge in [-0.1, -0.05) is 127 Å². The van der Waals surface area contributed by atoms with Crippen molar-refractivity contribution in [2.45, 2.75) is 131 Å². The Labute approximate surface area is 225 Å². The Morgan fingerprint density at radius 1 is 0.917 bits per heavy atom. The van der Waals surface area contributed by atoms with Gasteiger partial charge < -0.3 is 0 Å². The van der Waals surface area contributed by atoms with Crippen molar-refractivity contribution in [1.29, 1.82) is 0 Å². The Morgan fingerprint density at radius 3 is 2.08 bits per heavy atom. The van der Waals surface area contributed by atoms with Gasteiger partial charge in [0.1, 0.15) is 0 Å². The molecule has 2 unspecified atom stereocenters. The van der Waals surface area contributed by atoms with E-state index in [-0.39, 0.29) is 5.41 Å². The van der Waals surface area contributed by atoms with E-state index < -0.39 is 0 Å². The van der Waals surface area contributed by atoms with Crippen molar-refractivity contribution in [2.75, 3.05) is 0 Å². The van der Waals surface area contributed by atoms with Crippen LogP contribution in [0.25, 0.3) is 5.57 Å². The molecule has 0 saturated heterocycles. The molecule has 0 aliphatic heterocycles. The van der Waals surface area contributed by atoms with Crippen molar-refractivity contribution in [3.05, 3.63) is 76.9 Å². The Morgan fingerprint density at radius 2 is 1.58 bits per heavy atom. The second-order valence-corrected chi connectivity index (χ2v) is 13.0. The summed E-state index contributed by atoms with van der Waals surface area (Å²) >= 11 is 0. The third-order valence-corrected chi connectivity index (χ3v) is 8.32. The van der Waals surface area contributed by atoms with Crippen LogP contribution in [-0.2, 0) is 5.41 Å². The van der Waals surface area contributed by atoms with Crippen LogP contribution in [0.5, 0.6) is 0 Å². The van der Waals surface area contributed by atoms with E-state index in [0.717, 1.165) is 17.4 Å². The van der Waals surface area contributed by atoms with Crippen molar-refractivity contribution >= 4 is 5.57 Å². The predicted molar refractivity (Wildman–Crippen MR) is 163 cm³/mol. The molecule has 1 fully saturated rings. The summed E-state index contributed by atoms with van der Waals surface area (Å²) in [4.78, 5) is 0. The van der Waals surface area contributed by atoms with Gasteiger partial charge in [-0.05, 0) is 97.8 Å². The lowest BCUT2D eigenvalue weighted by molar-refractivity contribution is 0.0904. The highest BCUT2D eigenvalue weighted by Crippen LogP contribution is 2.52. The van der Waals surface area contributed by atoms with E-state index in [4.69, 9.17) is 0 Å². The van der Waals surface area contributed by atoms with Crippen molar-refractivity contribution < 1.29 is 0 Å². The molecule has 0 N–H and O–H groups in total. The van der Waals surface area contributed by atoms with Gasteiger partial charge in [0.15, 0.2) is 0 Å². The molecule has 2 aromatic rings. The van der Waals surface area contributed by atoms with E-state index in [1.165, 1.54) is 80.0 Å². The minimum Gasteiger partial charge on any atom is -0.0955 e. The van der Waals surface area contributed by atoms with Crippen LogP contribution < -0.4 is 0 Å². The van der Waals surface area contributed by atoms with Gasteiger partial charge in [-0.3, -0.25) is 0 Å². The van der Waals surface area contributed by atoms with Gasteiger partial charge in [0.25, 0.3) is 0 Å². The molecule has 1 aliphatic carbocycles. The first-order valence-electron chi connectivity index (χ1n) is 14.8. The largest absolute Gasteiger partial charge is 0.0955 e. The quantitative estimate of drug-likeness (QED) is 0.346. The summed E-state index contributed by atoms with van der Waals surface area (Å²) in [5.41, 5.74) is 9.04. The molecular weight excluding hydrogens is 432 g/mol. The van der Waals surface area contributed by atoms with E-state index in [0.29, 0.717) is 5.41 Å². The summed E-state index contributed by atoms with van der Waals surface area (Å²) in [6.45, 7) is 24.3. The predicted octanol–water partition coefficient (Wildman–Crippen LogP) is 11.6. The number of rotatable bonds is 8. The first-order valence-corrected chi connectivity index (χ1v) is 14.8. The smallest absolute Gasteiger partial charge is 0.0129 e. The molecule has 200 valence electrons. The molecule has 0 aromatic heterocycles. The highest BCUT2D eigenvalue weighted by atomic mass is 14.4. The van der Waals surface area contributed by atoms with Gasteiger partial charge in [-0.15, -0.1) is 0 Å². The molecule has 0 radical (unpaired) electrons. The van der Waals surface area contributed by atoms with Crippen molar-refractivity contribution in [3.8, 4) is 0 Å². The van der Waals surface area contributed by atoms with Crippen LogP contribution in [0.2, 0.25) is 0 Å². The van der Waals surface area contributed by atoms with Crippen LogP contribution >= 0.6 is 0 Å². The molecule has 0 nitrogen and oxygen atoms in total. The lowest BCUT2D eigenvalue weighted by Gasteiger charge is -2.45. The summed E-state index contributed by atoms with van der Waals surface area (Å²) in [6, 6.07) is 15.9. The molecular formula is C36H56. The van der Waals surface area contributed by atoms with Crippen LogP contribution in [0.4, 0.5) is 0 Å². The van der Waals surface area contributed by atoms with Crippen LogP contribution in [-0.4, -0.2) is 0 Å². The average molecular weight is 489 g/mol. The molecule has 2 atom stereocenters. The molecule has 36 heavy (non-hydrogen) atoms. The summed E-state index contributed by atoms with van der Waals surface area (Å²) in [7, 11) is 0. The lowest BCUT2D eigenvalue weighted by Crippen LogP contribution is -2.32. The van der Waals surface area contributed by atoms with Crippen LogP contribution in [0.1, 0.15) is 140 Å². The summed E-state index contributed by atoms with van der Waals surface area (Å²) in [5.74, 6) is 1.74. The van der Waals surface area contributed by atoms with E-state index in [2.05, 4.69) is 104 Å². The fourth-order valence-electron chi connectivity index (χ4n) is 6.96. The maximum Gasteiger partial charge on any atom is -0.0129 e. The maximum atomic E-state index is 3.96. The Bertz CT molecular complexity index is 948. The van der Waals surface area contributed by atoms with E-state index >= 15 is 0 Å². The van der Waals surface area contributed by atoms with Gasteiger partial charge in [0, 0.05) is 0 Å². The van der Waals surface area contributed by atoms with Gasteiger partial charge >= 0.3 is 0 Å². The highest BCUT2D eigenvalue weighted by molar-refractivity contribution is 5.62. The van der Waals surface area contributed by atoms with Crippen LogP contribution in [0.15, 0.2) is 49.0 Å². The highest BCUT2D eigenvalue weighted by Gasteiger charge is 2.39. The number of allylic oxidation sites excluding steroid dienone is 1. The number of benzene rings is 2. The number of hydrogen-bond acceptors (Lipinski definition) is 0. The maximum absolute atomic E-state index is 3.96. The number of aryl methyl sites for hydroxylation is 2. The van der Waals surface area contributed by atoms with E-state index in [1.54, 1.807) is 5.56 Å². The zero-order valence-electron chi connectivity index (χ0n) is 25.3. The molecule has 0 amide bonds. The summed E-state index contributed by atoms with van der Waals surface area (Å²) in [5, 5.41) is 0. The third kappa shape index (κ3) is 8.64. The summed E-state index contributed by atoms with van der Waals surface area (Å²) in [6.07, 6.45) is 12.7. The van der Waals surface area contributed by atoms with E-state index in [9.17, 15) is 0 Å². The summed E-state index contributed by atoms with van der Waals surface area (Å²) < 4.78 is 0. The monoisotopic (exact) mass is 488 g/mol. The first-order chi connectivity index (χ1) is 16.9. The molecule has 1 saturated carbocycles. The van der Waals surface area contributed by atoms with Gasteiger partial charge in [-0.25, -0.2) is 0 Å². The second kappa shape index (κ2) is 13.6. The first kappa shape index (κ1) is 30.4. The average Bonchev–Trinajstić information content (AvgIpc) is 2.79. The van der Waals surface area contributed by atoms with E-state index in [1.807, 2.05) is 6.92 Å². The molecule has 2 aromatic carbocycles. The van der Waals surface area contributed by atoms with Gasteiger partial charge in [-0.2, -0.15) is 0 Å². The second-order valence-electron chi connectivity index (χ2n) is 13.0. The van der Waals surface area contributed by atoms with Crippen molar-refractivity contribution in [3.63, 3.8) is 0 Å². The fraction of sp³-hybridized carbons (Fsp3) is 0.611. The Hall–Kier alpha value is -1.82. The topological polar surface area (TPSA) is 0 Å². The fourth-order valence-corrected chi connectivity index (χ4v) is 6.96. The lowest BCUT2D eigenvalue weighted by atomic mass is 9.60.